The molecule has 1 heterocycles. The molecule has 1 fully saturated rings. The summed E-state index contributed by atoms with van der Waals surface area (Å²) >= 11 is 0. The Morgan fingerprint density at radius 2 is 2.28 bits per heavy atom. The van der Waals surface area contributed by atoms with E-state index in [9.17, 15) is 4.79 Å². The Labute approximate surface area is 108 Å². The normalized spacial score (nSPS) is 16.1. The highest BCUT2D eigenvalue weighted by Gasteiger charge is 2.37. The van der Waals surface area contributed by atoms with Crippen LogP contribution in [0.3, 0.4) is 0 Å². The number of pyridine rings is 1. The average molecular weight is 247 g/mol. The standard InChI is InChI=1S/C14H21N3O/c1-3-7-16-12-9-15-8-4-11(12)13(18)17-10-14(2)5-6-14/h4,8-9,16H,3,5-7,10H2,1-2H3,(H,17,18). The van der Waals surface area contributed by atoms with Gasteiger partial charge in [-0.15, -0.1) is 0 Å². The number of nitrogens with one attached hydrogen (secondary N) is 2. The zero-order valence-corrected chi connectivity index (χ0v) is 11.1. The second-order valence-corrected chi connectivity index (χ2v) is 5.34. The van der Waals surface area contributed by atoms with Crippen LogP contribution in [0.25, 0.3) is 0 Å². The molecule has 1 saturated carbocycles. The molecule has 0 bridgehead atoms. The van der Waals surface area contributed by atoms with Gasteiger partial charge in [0.1, 0.15) is 0 Å². The van der Waals surface area contributed by atoms with E-state index in [0.29, 0.717) is 11.0 Å². The number of amides is 1. The molecule has 1 aliphatic carbocycles. The van der Waals surface area contributed by atoms with Crippen LogP contribution in [-0.4, -0.2) is 24.0 Å². The molecule has 0 saturated heterocycles. The molecule has 0 aliphatic heterocycles. The highest BCUT2D eigenvalue weighted by Crippen LogP contribution is 2.44. The fourth-order valence-corrected chi connectivity index (χ4v) is 1.77. The lowest BCUT2D eigenvalue weighted by Crippen LogP contribution is -2.29. The molecule has 0 radical (unpaired) electrons. The van der Waals surface area contributed by atoms with Crippen molar-refractivity contribution in [1.29, 1.82) is 0 Å². The van der Waals surface area contributed by atoms with Crippen LogP contribution in [-0.2, 0) is 0 Å². The Kier molecular flexibility index (Phi) is 3.84. The Balaban J connectivity index is 1.99. The molecule has 0 atom stereocenters. The quantitative estimate of drug-likeness (QED) is 0.811. The van der Waals surface area contributed by atoms with E-state index in [4.69, 9.17) is 0 Å². The Morgan fingerprint density at radius 3 is 2.94 bits per heavy atom. The molecular weight excluding hydrogens is 226 g/mol. The van der Waals surface area contributed by atoms with Crippen LogP contribution in [0.1, 0.15) is 43.5 Å². The molecule has 0 aromatic carbocycles. The molecule has 18 heavy (non-hydrogen) atoms. The molecule has 4 nitrogen and oxygen atoms in total. The van der Waals surface area contributed by atoms with E-state index in [1.54, 1.807) is 18.5 Å². The lowest BCUT2D eigenvalue weighted by molar-refractivity contribution is 0.0947. The summed E-state index contributed by atoms with van der Waals surface area (Å²) in [6.07, 6.45) is 6.82. The van der Waals surface area contributed by atoms with E-state index in [1.807, 2.05) is 0 Å². The zero-order valence-electron chi connectivity index (χ0n) is 11.1. The van der Waals surface area contributed by atoms with Crippen molar-refractivity contribution in [2.75, 3.05) is 18.4 Å². The number of carbonyl (C=O) groups is 1. The van der Waals surface area contributed by atoms with E-state index in [2.05, 4.69) is 29.5 Å². The van der Waals surface area contributed by atoms with Gasteiger partial charge >= 0.3 is 0 Å². The number of nitrogens with zero attached hydrogens (tertiary/aromatic N) is 1. The van der Waals surface area contributed by atoms with Crippen LogP contribution in [0.4, 0.5) is 5.69 Å². The molecule has 1 aliphatic rings. The van der Waals surface area contributed by atoms with Crippen molar-refractivity contribution in [2.24, 2.45) is 5.41 Å². The zero-order chi connectivity index (χ0) is 13.0. The topological polar surface area (TPSA) is 54.0 Å². The second kappa shape index (κ2) is 5.38. The maximum Gasteiger partial charge on any atom is 0.253 e. The molecule has 2 rings (SSSR count). The fourth-order valence-electron chi connectivity index (χ4n) is 1.77. The number of anilines is 1. The van der Waals surface area contributed by atoms with E-state index in [1.165, 1.54) is 12.8 Å². The molecule has 2 N–H and O–H groups in total. The van der Waals surface area contributed by atoms with Gasteiger partial charge in [0, 0.05) is 19.3 Å². The first-order valence-corrected chi connectivity index (χ1v) is 6.61. The molecule has 1 aromatic heterocycles. The molecule has 1 aromatic rings. The van der Waals surface area contributed by atoms with Gasteiger partial charge in [-0.05, 0) is 30.7 Å². The van der Waals surface area contributed by atoms with Crippen molar-refractivity contribution in [3.05, 3.63) is 24.0 Å². The highest BCUT2D eigenvalue weighted by atomic mass is 16.1. The predicted octanol–water partition coefficient (Wildman–Crippen LogP) is 2.43. The minimum absolute atomic E-state index is 0.0101. The summed E-state index contributed by atoms with van der Waals surface area (Å²) < 4.78 is 0. The third kappa shape index (κ3) is 3.22. The van der Waals surface area contributed by atoms with Crippen LogP contribution in [0.2, 0.25) is 0 Å². The maximum absolute atomic E-state index is 12.1. The summed E-state index contributed by atoms with van der Waals surface area (Å²) in [5, 5.41) is 6.24. The first-order valence-electron chi connectivity index (χ1n) is 6.61. The summed E-state index contributed by atoms with van der Waals surface area (Å²) in [5.74, 6) is -0.0101. The van der Waals surface area contributed by atoms with Gasteiger partial charge in [-0.2, -0.15) is 0 Å². The van der Waals surface area contributed by atoms with E-state index in [-0.39, 0.29) is 5.91 Å². The SMILES string of the molecule is CCCNc1cnccc1C(=O)NCC1(C)CC1. The van der Waals surface area contributed by atoms with E-state index in [0.717, 1.165) is 25.2 Å². The third-order valence-electron chi connectivity index (χ3n) is 3.41. The Bertz CT molecular complexity index is 427. The van der Waals surface area contributed by atoms with Gasteiger partial charge in [0.2, 0.25) is 0 Å². The summed E-state index contributed by atoms with van der Waals surface area (Å²) in [5.41, 5.74) is 1.83. The Morgan fingerprint density at radius 1 is 1.50 bits per heavy atom. The van der Waals surface area contributed by atoms with Crippen LogP contribution in [0, 0.1) is 5.41 Å². The summed E-state index contributed by atoms with van der Waals surface area (Å²) in [4.78, 5) is 16.2. The van der Waals surface area contributed by atoms with E-state index >= 15 is 0 Å². The molecule has 1 amide bonds. The lowest BCUT2D eigenvalue weighted by atomic mass is 10.1. The molecule has 0 spiro atoms. The lowest BCUT2D eigenvalue weighted by Gasteiger charge is -2.13. The predicted molar refractivity (Wildman–Crippen MR) is 72.7 cm³/mol. The van der Waals surface area contributed by atoms with Crippen molar-refractivity contribution in [1.82, 2.24) is 10.3 Å². The summed E-state index contributed by atoms with van der Waals surface area (Å²) in [6.45, 7) is 5.91. The van der Waals surface area contributed by atoms with Crippen LogP contribution in [0.5, 0.6) is 0 Å². The fraction of sp³-hybridized carbons (Fsp3) is 0.571. The molecule has 4 heteroatoms. The maximum atomic E-state index is 12.1. The van der Waals surface area contributed by atoms with Gasteiger partial charge in [0.05, 0.1) is 17.4 Å². The number of aromatic nitrogens is 1. The number of hydrogen-bond acceptors (Lipinski definition) is 3. The van der Waals surface area contributed by atoms with Gasteiger partial charge in [0.25, 0.3) is 5.91 Å². The number of carbonyl (C=O) groups excluding carboxylic acids is 1. The molecular formula is C14H21N3O. The van der Waals surface area contributed by atoms with Gasteiger partial charge < -0.3 is 10.6 Å². The first-order chi connectivity index (χ1) is 8.64. The van der Waals surface area contributed by atoms with Crippen molar-refractivity contribution in [3.63, 3.8) is 0 Å². The van der Waals surface area contributed by atoms with Crippen molar-refractivity contribution in [2.45, 2.75) is 33.1 Å². The number of hydrogen-bond donors (Lipinski definition) is 2. The average Bonchev–Trinajstić information content (AvgIpc) is 3.12. The van der Waals surface area contributed by atoms with Gasteiger partial charge in [-0.3, -0.25) is 9.78 Å². The Hall–Kier alpha value is -1.58. The number of rotatable bonds is 6. The van der Waals surface area contributed by atoms with Crippen LogP contribution in [0.15, 0.2) is 18.5 Å². The van der Waals surface area contributed by atoms with Crippen molar-refractivity contribution < 1.29 is 4.79 Å². The van der Waals surface area contributed by atoms with Gasteiger partial charge in [-0.1, -0.05) is 13.8 Å². The molecule has 98 valence electrons. The van der Waals surface area contributed by atoms with Gasteiger partial charge in [0.15, 0.2) is 0 Å². The smallest absolute Gasteiger partial charge is 0.253 e. The summed E-state index contributed by atoms with van der Waals surface area (Å²) in [7, 11) is 0. The monoisotopic (exact) mass is 247 g/mol. The first kappa shape index (κ1) is 12.9. The minimum atomic E-state index is -0.0101. The van der Waals surface area contributed by atoms with E-state index < -0.39 is 0 Å². The van der Waals surface area contributed by atoms with Crippen LogP contribution >= 0.6 is 0 Å². The van der Waals surface area contributed by atoms with Gasteiger partial charge in [-0.25, -0.2) is 0 Å². The second-order valence-electron chi connectivity index (χ2n) is 5.34. The van der Waals surface area contributed by atoms with Crippen LogP contribution < -0.4 is 10.6 Å². The van der Waals surface area contributed by atoms with Crippen molar-refractivity contribution >= 4 is 11.6 Å². The summed E-state index contributed by atoms with van der Waals surface area (Å²) in [6, 6.07) is 1.77. The highest BCUT2D eigenvalue weighted by molar-refractivity contribution is 5.99. The largest absolute Gasteiger partial charge is 0.383 e. The molecule has 0 unspecified atom stereocenters. The van der Waals surface area contributed by atoms with Crippen molar-refractivity contribution in [3.8, 4) is 0 Å². The minimum Gasteiger partial charge on any atom is -0.383 e. The third-order valence-corrected chi connectivity index (χ3v) is 3.41.